The zero-order valence-corrected chi connectivity index (χ0v) is 27.7. The van der Waals surface area contributed by atoms with Crippen molar-refractivity contribution in [2.24, 2.45) is 11.0 Å². The van der Waals surface area contributed by atoms with Crippen molar-refractivity contribution in [3.63, 3.8) is 0 Å². The van der Waals surface area contributed by atoms with Crippen LogP contribution >= 0.6 is 0 Å². The summed E-state index contributed by atoms with van der Waals surface area (Å²) in [7, 11) is 3.12. The Hall–Kier alpha value is -4.11. The van der Waals surface area contributed by atoms with Gasteiger partial charge in [0.2, 0.25) is 5.95 Å². The van der Waals surface area contributed by atoms with Crippen LogP contribution < -0.4 is 4.90 Å². The number of benzene rings is 1. The van der Waals surface area contributed by atoms with E-state index in [0.717, 1.165) is 17.7 Å². The van der Waals surface area contributed by atoms with Gasteiger partial charge in [-0.15, -0.1) is 0 Å². The maximum Gasteiger partial charge on any atom is 0.416 e. The number of esters is 1. The maximum atomic E-state index is 13.8. The van der Waals surface area contributed by atoms with Crippen LogP contribution in [0.25, 0.3) is 0 Å². The molecule has 2 aromatic rings. The van der Waals surface area contributed by atoms with Gasteiger partial charge < -0.3 is 19.3 Å². The SMILES string of the molecule is CC[C@@H]1CC(N(Cc2cc(C(F)(F)F)cc(C(F)(F)F)c2)c2ncc(C3C=NN(C)C3)cn2)C[C@H](CC)N1C(=O)OC1CC(C(=O)OC)C1. The molecule has 1 aromatic heterocycles. The third kappa shape index (κ3) is 8.20. The summed E-state index contributed by atoms with van der Waals surface area (Å²) in [6.07, 6.45) is -3.56. The highest BCUT2D eigenvalue weighted by Gasteiger charge is 2.44. The van der Waals surface area contributed by atoms with Crippen LogP contribution in [0.3, 0.4) is 0 Å². The van der Waals surface area contributed by atoms with Gasteiger partial charge in [-0.1, -0.05) is 13.8 Å². The Morgan fingerprint density at radius 3 is 1.96 bits per heavy atom. The van der Waals surface area contributed by atoms with Gasteiger partial charge in [-0.05, 0) is 67.9 Å². The van der Waals surface area contributed by atoms with Gasteiger partial charge in [-0.2, -0.15) is 31.4 Å². The van der Waals surface area contributed by atoms with E-state index in [-0.39, 0.29) is 54.0 Å². The summed E-state index contributed by atoms with van der Waals surface area (Å²) in [5, 5.41) is 5.99. The van der Waals surface area contributed by atoms with Gasteiger partial charge in [-0.3, -0.25) is 9.80 Å². The lowest BCUT2D eigenvalue weighted by molar-refractivity contribution is -0.153. The Balaban J connectivity index is 1.44. The topological polar surface area (TPSA) is 100 Å². The van der Waals surface area contributed by atoms with E-state index in [1.165, 1.54) is 7.11 Å². The third-order valence-corrected chi connectivity index (χ3v) is 9.61. The van der Waals surface area contributed by atoms with Crippen molar-refractivity contribution >= 4 is 24.2 Å². The van der Waals surface area contributed by atoms with Crippen molar-refractivity contribution in [3.8, 4) is 0 Å². The number of hydrazone groups is 1. The standard InChI is InChI=1S/C33H40F6N6O4/c1-5-25-12-27(13-26(6-2)45(25)31(47)49-28-9-20(10-28)29(46)48-4)44(30-40-14-21(15-41-30)22-16-42-43(3)18-22)17-19-7-23(32(34,35)36)11-24(8-19)33(37,38)39/h7-8,11,14-16,20,22,25-28H,5-6,9-10,12-13,17-18H2,1-4H3/t20?,22?,25-,26+,27?,28?. The van der Waals surface area contributed by atoms with E-state index in [2.05, 4.69) is 15.1 Å². The van der Waals surface area contributed by atoms with Crippen LogP contribution in [0.2, 0.25) is 0 Å². The highest BCUT2D eigenvalue weighted by atomic mass is 19.4. The van der Waals surface area contributed by atoms with Gasteiger partial charge in [0.15, 0.2) is 0 Å². The molecular weight excluding hydrogens is 658 g/mol. The van der Waals surface area contributed by atoms with Crippen LogP contribution in [0.5, 0.6) is 0 Å². The number of amides is 1. The quantitative estimate of drug-likeness (QED) is 0.212. The fraction of sp³-hybridized carbons (Fsp3) is 0.606. The molecule has 1 amide bonds. The van der Waals surface area contributed by atoms with E-state index in [9.17, 15) is 35.9 Å². The molecule has 2 fully saturated rings. The molecule has 5 rings (SSSR count). The van der Waals surface area contributed by atoms with E-state index in [4.69, 9.17) is 9.47 Å². The molecule has 3 aliphatic rings. The van der Waals surface area contributed by atoms with E-state index < -0.39 is 41.7 Å². The lowest BCUT2D eigenvalue weighted by atomic mass is 9.82. The molecule has 268 valence electrons. The van der Waals surface area contributed by atoms with Gasteiger partial charge in [0, 0.05) is 62.8 Å². The number of anilines is 1. The highest BCUT2D eigenvalue weighted by Crippen LogP contribution is 2.39. The number of carbonyl (C=O) groups excluding carboxylic acids is 2. The lowest BCUT2D eigenvalue weighted by Crippen LogP contribution is -2.57. The molecule has 0 bridgehead atoms. The van der Waals surface area contributed by atoms with Crippen LogP contribution in [0.4, 0.5) is 37.1 Å². The van der Waals surface area contributed by atoms with Crippen LogP contribution in [0.15, 0.2) is 35.7 Å². The number of rotatable bonds is 9. The molecule has 1 aliphatic carbocycles. The molecule has 1 aromatic carbocycles. The van der Waals surface area contributed by atoms with E-state index in [0.29, 0.717) is 45.1 Å². The average molecular weight is 699 g/mol. The minimum absolute atomic E-state index is 0.0768. The van der Waals surface area contributed by atoms with Gasteiger partial charge in [0.1, 0.15) is 6.10 Å². The van der Waals surface area contributed by atoms with Crippen LogP contribution in [0.1, 0.15) is 80.5 Å². The highest BCUT2D eigenvalue weighted by molar-refractivity contribution is 5.74. The zero-order valence-electron chi connectivity index (χ0n) is 27.7. The number of likely N-dealkylation sites (tertiary alicyclic amines) is 1. The first-order chi connectivity index (χ1) is 23.1. The molecule has 1 saturated heterocycles. The first-order valence-electron chi connectivity index (χ1n) is 16.3. The number of aromatic nitrogens is 2. The van der Waals surface area contributed by atoms with Crippen molar-refractivity contribution < 1.29 is 45.4 Å². The van der Waals surface area contributed by atoms with Crippen LogP contribution in [-0.4, -0.2) is 83.1 Å². The molecule has 0 N–H and O–H groups in total. The van der Waals surface area contributed by atoms with Crippen molar-refractivity contribution in [2.45, 2.75) is 101 Å². The molecule has 2 unspecified atom stereocenters. The number of hydrogen-bond donors (Lipinski definition) is 0. The monoisotopic (exact) mass is 698 g/mol. The van der Waals surface area contributed by atoms with Crippen molar-refractivity contribution in [1.82, 2.24) is 19.9 Å². The summed E-state index contributed by atoms with van der Waals surface area (Å²) in [6.45, 7) is 4.06. The fourth-order valence-electron chi connectivity index (χ4n) is 6.86. The largest absolute Gasteiger partial charge is 0.469 e. The fourth-order valence-corrected chi connectivity index (χ4v) is 6.86. The third-order valence-electron chi connectivity index (χ3n) is 9.61. The Morgan fingerprint density at radius 2 is 1.49 bits per heavy atom. The Kier molecular flexibility index (Phi) is 10.6. The molecule has 3 heterocycles. The molecule has 1 saturated carbocycles. The molecule has 2 aliphatic heterocycles. The van der Waals surface area contributed by atoms with Crippen molar-refractivity contribution in [3.05, 3.63) is 52.8 Å². The second-order valence-electron chi connectivity index (χ2n) is 12.9. The number of methoxy groups -OCH3 is 1. The smallest absolute Gasteiger partial charge is 0.416 e. The molecule has 10 nitrogen and oxygen atoms in total. The molecular formula is C33H40F6N6O4. The summed E-state index contributed by atoms with van der Waals surface area (Å²) in [4.78, 5) is 37.7. The van der Waals surface area contributed by atoms with Crippen molar-refractivity contribution in [1.29, 1.82) is 0 Å². The van der Waals surface area contributed by atoms with Crippen LogP contribution in [0, 0.1) is 5.92 Å². The van der Waals surface area contributed by atoms with Gasteiger partial charge in [0.25, 0.3) is 0 Å². The number of halogens is 6. The number of hydrogen-bond acceptors (Lipinski definition) is 9. The molecule has 0 radical (unpaired) electrons. The summed E-state index contributed by atoms with van der Waals surface area (Å²) in [6, 6.07) is 0.407. The molecule has 4 atom stereocenters. The number of alkyl halides is 6. The number of likely N-dealkylation sites (N-methyl/N-ethyl adjacent to an activating group) is 1. The number of piperidine rings is 1. The number of carbonyl (C=O) groups is 2. The summed E-state index contributed by atoms with van der Waals surface area (Å²) in [5.41, 5.74) is -2.25. The van der Waals surface area contributed by atoms with E-state index in [1.54, 1.807) is 33.4 Å². The lowest BCUT2D eigenvalue weighted by Gasteiger charge is -2.48. The maximum absolute atomic E-state index is 13.8. The van der Waals surface area contributed by atoms with Crippen molar-refractivity contribution in [2.75, 3.05) is 25.6 Å². The summed E-state index contributed by atoms with van der Waals surface area (Å²) < 4.78 is 93.3. The Bertz CT molecular complexity index is 1470. The molecule has 49 heavy (non-hydrogen) atoms. The van der Waals surface area contributed by atoms with Gasteiger partial charge >= 0.3 is 24.4 Å². The van der Waals surface area contributed by atoms with E-state index in [1.807, 2.05) is 20.9 Å². The Morgan fingerprint density at radius 1 is 0.918 bits per heavy atom. The number of nitrogens with zero attached hydrogens (tertiary/aromatic N) is 6. The summed E-state index contributed by atoms with van der Waals surface area (Å²) in [5.74, 6) is -0.611. The average Bonchev–Trinajstić information content (AvgIpc) is 3.49. The van der Waals surface area contributed by atoms with E-state index >= 15 is 0 Å². The van der Waals surface area contributed by atoms with Crippen LogP contribution in [-0.2, 0) is 33.2 Å². The first-order valence-corrected chi connectivity index (χ1v) is 16.3. The summed E-state index contributed by atoms with van der Waals surface area (Å²) >= 11 is 0. The molecule has 16 heteroatoms. The number of ether oxygens (including phenoxy) is 2. The second-order valence-corrected chi connectivity index (χ2v) is 12.9. The normalized spacial score (nSPS) is 25.6. The minimum atomic E-state index is -5.00. The second kappa shape index (κ2) is 14.4. The predicted molar refractivity (Wildman–Crippen MR) is 167 cm³/mol. The Labute approximate surface area is 280 Å². The minimum Gasteiger partial charge on any atom is -0.469 e. The van der Waals surface area contributed by atoms with Gasteiger partial charge in [0.05, 0.1) is 24.2 Å². The first kappa shape index (κ1) is 36.2. The molecule has 0 spiro atoms. The predicted octanol–water partition coefficient (Wildman–Crippen LogP) is 6.65. The van der Waals surface area contributed by atoms with Gasteiger partial charge in [-0.25, -0.2) is 14.8 Å². The zero-order chi connectivity index (χ0) is 35.7.